The SMILES string of the molecule is CCC(C)C(N)C(=O)Nc1cccc(C)c1C(=O)O. The maximum absolute atomic E-state index is 12.0. The molecule has 0 radical (unpaired) electrons. The molecule has 2 unspecified atom stereocenters. The number of nitrogens with two attached hydrogens (primary N) is 1. The number of anilines is 1. The second-order valence-corrected chi connectivity index (χ2v) is 4.70. The lowest BCUT2D eigenvalue weighted by molar-refractivity contribution is -0.118. The molecule has 1 amide bonds. The summed E-state index contributed by atoms with van der Waals surface area (Å²) in [4.78, 5) is 23.2. The molecule has 0 saturated heterocycles. The average molecular weight is 264 g/mol. The van der Waals surface area contributed by atoms with Gasteiger partial charge in [0.2, 0.25) is 5.91 Å². The van der Waals surface area contributed by atoms with Crippen molar-refractivity contribution in [2.45, 2.75) is 33.2 Å². The molecule has 104 valence electrons. The molecule has 4 N–H and O–H groups in total. The van der Waals surface area contributed by atoms with Gasteiger partial charge in [0.05, 0.1) is 17.3 Å². The summed E-state index contributed by atoms with van der Waals surface area (Å²) in [5.74, 6) is -1.38. The Bertz CT molecular complexity index is 486. The highest BCUT2D eigenvalue weighted by Gasteiger charge is 2.21. The number of rotatable bonds is 5. The number of carboxylic acids is 1. The molecule has 5 nitrogen and oxygen atoms in total. The fourth-order valence-electron chi connectivity index (χ4n) is 1.78. The molecular weight excluding hydrogens is 244 g/mol. The van der Waals surface area contributed by atoms with E-state index in [1.807, 2.05) is 13.8 Å². The Morgan fingerprint density at radius 3 is 2.58 bits per heavy atom. The standard InChI is InChI=1S/C14H20N2O3/c1-4-8(2)12(15)13(17)16-10-7-5-6-9(3)11(10)14(18)19/h5-8,12H,4,15H2,1-3H3,(H,16,17)(H,18,19). The molecule has 0 heterocycles. The van der Waals surface area contributed by atoms with Crippen LogP contribution in [0.2, 0.25) is 0 Å². The topological polar surface area (TPSA) is 92.4 Å². The van der Waals surface area contributed by atoms with E-state index in [-0.39, 0.29) is 23.1 Å². The van der Waals surface area contributed by atoms with Crippen LogP contribution in [0.5, 0.6) is 0 Å². The first kappa shape index (κ1) is 15.2. The van der Waals surface area contributed by atoms with E-state index < -0.39 is 12.0 Å². The number of nitrogens with one attached hydrogen (secondary N) is 1. The van der Waals surface area contributed by atoms with Crippen molar-refractivity contribution < 1.29 is 14.7 Å². The summed E-state index contributed by atoms with van der Waals surface area (Å²) in [6.45, 7) is 5.53. The molecule has 1 aromatic rings. The molecule has 0 fully saturated rings. The minimum atomic E-state index is -1.06. The van der Waals surface area contributed by atoms with Gasteiger partial charge in [-0.25, -0.2) is 4.79 Å². The lowest BCUT2D eigenvalue weighted by atomic mass is 9.99. The third kappa shape index (κ3) is 3.54. The molecule has 0 aliphatic heterocycles. The Balaban J connectivity index is 2.97. The van der Waals surface area contributed by atoms with Gasteiger partial charge in [-0.2, -0.15) is 0 Å². The van der Waals surface area contributed by atoms with Crippen LogP contribution in [-0.2, 0) is 4.79 Å². The van der Waals surface area contributed by atoms with Gasteiger partial charge in [0.25, 0.3) is 0 Å². The number of carboxylic acid groups (broad SMARTS) is 1. The van der Waals surface area contributed by atoms with Crippen LogP contribution in [0, 0.1) is 12.8 Å². The van der Waals surface area contributed by atoms with Crippen molar-refractivity contribution in [3.05, 3.63) is 29.3 Å². The molecule has 0 bridgehead atoms. The Morgan fingerprint density at radius 1 is 1.42 bits per heavy atom. The van der Waals surface area contributed by atoms with Crippen LogP contribution >= 0.6 is 0 Å². The van der Waals surface area contributed by atoms with Gasteiger partial charge in [0.15, 0.2) is 0 Å². The van der Waals surface area contributed by atoms with Crippen molar-refractivity contribution >= 4 is 17.6 Å². The lowest BCUT2D eigenvalue weighted by Crippen LogP contribution is -2.40. The molecule has 1 rings (SSSR count). The van der Waals surface area contributed by atoms with Gasteiger partial charge in [-0.05, 0) is 24.5 Å². The van der Waals surface area contributed by atoms with E-state index in [1.165, 1.54) is 0 Å². The molecule has 5 heteroatoms. The molecule has 1 aromatic carbocycles. The van der Waals surface area contributed by atoms with Crippen LogP contribution in [0.1, 0.15) is 36.2 Å². The van der Waals surface area contributed by atoms with Crippen LogP contribution < -0.4 is 11.1 Å². The number of aryl methyl sites for hydroxylation is 1. The van der Waals surface area contributed by atoms with Crippen LogP contribution in [0.15, 0.2) is 18.2 Å². The predicted molar refractivity (Wildman–Crippen MR) is 74.2 cm³/mol. The Morgan fingerprint density at radius 2 is 2.05 bits per heavy atom. The van der Waals surface area contributed by atoms with Crippen molar-refractivity contribution in [3.63, 3.8) is 0 Å². The number of hydrogen-bond donors (Lipinski definition) is 3. The van der Waals surface area contributed by atoms with Crippen molar-refractivity contribution in [2.75, 3.05) is 5.32 Å². The number of carbonyl (C=O) groups excluding carboxylic acids is 1. The van der Waals surface area contributed by atoms with Gasteiger partial charge < -0.3 is 16.2 Å². The first-order valence-corrected chi connectivity index (χ1v) is 6.27. The highest BCUT2D eigenvalue weighted by molar-refractivity contribution is 6.03. The zero-order chi connectivity index (χ0) is 14.6. The summed E-state index contributed by atoms with van der Waals surface area (Å²) < 4.78 is 0. The zero-order valence-corrected chi connectivity index (χ0v) is 11.4. The summed E-state index contributed by atoms with van der Waals surface area (Å²) in [6, 6.07) is 4.31. The van der Waals surface area contributed by atoms with Crippen LogP contribution in [-0.4, -0.2) is 23.0 Å². The van der Waals surface area contributed by atoms with Gasteiger partial charge in [0, 0.05) is 0 Å². The van der Waals surface area contributed by atoms with E-state index in [0.717, 1.165) is 6.42 Å². The third-order valence-electron chi connectivity index (χ3n) is 3.30. The van der Waals surface area contributed by atoms with Crippen LogP contribution in [0.25, 0.3) is 0 Å². The maximum Gasteiger partial charge on any atom is 0.338 e. The van der Waals surface area contributed by atoms with Crippen molar-refractivity contribution in [1.82, 2.24) is 0 Å². The minimum absolute atomic E-state index is 0.0399. The van der Waals surface area contributed by atoms with E-state index in [1.54, 1.807) is 25.1 Å². The Kier molecular flexibility index (Phi) is 5.06. The summed E-state index contributed by atoms with van der Waals surface area (Å²) in [6.07, 6.45) is 0.786. The van der Waals surface area contributed by atoms with Gasteiger partial charge in [-0.15, -0.1) is 0 Å². The quantitative estimate of drug-likeness (QED) is 0.758. The fraction of sp³-hybridized carbons (Fsp3) is 0.429. The van der Waals surface area contributed by atoms with Crippen LogP contribution in [0.3, 0.4) is 0 Å². The molecule has 0 spiro atoms. The summed E-state index contributed by atoms with van der Waals surface area (Å²) in [7, 11) is 0. The van der Waals surface area contributed by atoms with E-state index in [4.69, 9.17) is 5.73 Å². The third-order valence-corrected chi connectivity index (χ3v) is 3.30. The predicted octanol–water partition coefficient (Wildman–Crippen LogP) is 2.01. The molecule has 0 aliphatic carbocycles. The Labute approximate surface area is 112 Å². The highest BCUT2D eigenvalue weighted by atomic mass is 16.4. The lowest BCUT2D eigenvalue weighted by Gasteiger charge is -2.18. The van der Waals surface area contributed by atoms with Gasteiger partial charge in [-0.3, -0.25) is 4.79 Å². The van der Waals surface area contributed by atoms with Gasteiger partial charge in [0.1, 0.15) is 0 Å². The van der Waals surface area contributed by atoms with Gasteiger partial charge in [-0.1, -0.05) is 32.4 Å². The Hall–Kier alpha value is -1.88. The van der Waals surface area contributed by atoms with Crippen molar-refractivity contribution in [2.24, 2.45) is 11.7 Å². The number of amides is 1. The minimum Gasteiger partial charge on any atom is -0.478 e. The summed E-state index contributed by atoms with van der Waals surface area (Å²) in [5, 5.41) is 11.8. The maximum atomic E-state index is 12.0. The molecular formula is C14H20N2O3. The molecule has 0 saturated carbocycles. The smallest absolute Gasteiger partial charge is 0.338 e. The van der Waals surface area contributed by atoms with E-state index >= 15 is 0 Å². The summed E-state index contributed by atoms with van der Waals surface area (Å²) in [5.41, 5.74) is 6.82. The molecule has 0 aliphatic rings. The first-order valence-electron chi connectivity index (χ1n) is 6.27. The highest BCUT2D eigenvalue weighted by Crippen LogP contribution is 2.20. The van der Waals surface area contributed by atoms with Gasteiger partial charge >= 0.3 is 5.97 Å². The summed E-state index contributed by atoms with van der Waals surface area (Å²) >= 11 is 0. The second-order valence-electron chi connectivity index (χ2n) is 4.70. The van der Waals surface area contributed by atoms with Crippen molar-refractivity contribution in [1.29, 1.82) is 0 Å². The van der Waals surface area contributed by atoms with E-state index in [9.17, 15) is 14.7 Å². The fourth-order valence-corrected chi connectivity index (χ4v) is 1.78. The molecule has 0 aromatic heterocycles. The monoisotopic (exact) mass is 264 g/mol. The number of carbonyl (C=O) groups is 2. The van der Waals surface area contributed by atoms with Crippen LogP contribution in [0.4, 0.5) is 5.69 Å². The zero-order valence-electron chi connectivity index (χ0n) is 11.4. The normalized spacial score (nSPS) is 13.7. The number of aromatic carboxylic acids is 1. The van der Waals surface area contributed by atoms with E-state index in [2.05, 4.69) is 5.32 Å². The van der Waals surface area contributed by atoms with E-state index in [0.29, 0.717) is 5.56 Å². The second kappa shape index (κ2) is 6.33. The molecule has 19 heavy (non-hydrogen) atoms. The largest absolute Gasteiger partial charge is 0.478 e. The molecule has 2 atom stereocenters. The number of benzene rings is 1. The average Bonchev–Trinajstić information content (AvgIpc) is 2.36. The van der Waals surface area contributed by atoms with Crippen molar-refractivity contribution in [3.8, 4) is 0 Å². The first-order chi connectivity index (χ1) is 8.88. The number of hydrogen-bond acceptors (Lipinski definition) is 3.